The van der Waals surface area contributed by atoms with Gasteiger partial charge in [0.25, 0.3) is 5.91 Å². The van der Waals surface area contributed by atoms with Gasteiger partial charge in [0.2, 0.25) is 0 Å². The van der Waals surface area contributed by atoms with Crippen molar-refractivity contribution in [1.29, 1.82) is 0 Å². The van der Waals surface area contributed by atoms with Gasteiger partial charge in [-0.2, -0.15) is 5.10 Å². The Kier molecular flexibility index (Phi) is 3.28. The van der Waals surface area contributed by atoms with Gasteiger partial charge in [-0.05, 0) is 25.3 Å². The van der Waals surface area contributed by atoms with Crippen LogP contribution in [0.5, 0.6) is 0 Å². The molecule has 0 unspecified atom stereocenters. The minimum atomic E-state index is -0.0838. The molecule has 1 saturated carbocycles. The molecule has 0 radical (unpaired) electrons. The zero-order chi connectivity index (χ0) is 13.4. The predicted octanol–water partition coefficient (Wildman–Crippen LogP) is 0.475. The number of carbonyl (C=O) groups excluding carboxylic acids is 1. The highest BCUT2D eigenvalue weighted by Crippen LogP contribution is 2.39. The van der Waals surface area contributed by atoms with E-state index < -0.39 is 0 Å². The van der Waals surface area contributed by atoms with E-state index >= 15 is 0 Å². The second-order valence-corrected chi connectivity index (χ2v) is 5.46. The molecule has 1 aliphatic carbocycles. The maximum atomic E-state index is 12.4. The Morgan fingerprint density at radius 1 is 1.53 bits per heavy atom. The number of nitrogens with zero attached hydrogens (tertiary/aromatic N) is 2. The van der Waals surface area contributed by atoms with Crippen molar-refractivity contribution in [3.63, 3.8) is 0 Å². The van der Waals surface area contributed by atoms with Crippen LogP contribution in [-0.4, -0.2) is 53.3 Å². The lowest BCUT2D eigenvalue weighted by molar-refractivity contribution is 0.0159. The molecule has 2 fully saturated rings. The standard InChI is InChI=1S/C13H20N4O2/c1-19-12-7-17(5-4-9(12)14)13(18)11-6-10(15-16-11)8-2-3-8/h6,8-9,12H,2-5,7,14H2,1H3,(H,15,16)/t9-,12+/m1/s1. The van der Waals surface area contributed by atoms with Crippen LogP contribution in [0.2, 0.25) is 0 Å². The molecule has 3 rings (SSSR count). The summed E-state index contributed by atoms with van der Waals surface area (Å²) in [5, 5.41) is 7.10. The number of likely N-dealkylation sites (tertiary alicyclic amines) is 1. The van der Waals surface area contributed by atoms with Crippen molar-refractivity contribution in [3.05, 3.63) is 17.5 Å². The molecular weight excluding hydrogens is 244 g/mol. The molecule has 6 heteroatoms. The SMILES string of the molecule is CO[C@H]1CN(C(=O)c2cc(C3CC3)[nH]n2)CC[C@H]1N. The lowest BCUT2D eigenvalue weighted by Gasteiger charge is -2.35. The molecule has 2 aliphatic rings. The molecule has 1 aromatic rings. The van der Waals surface area contributed by atoms with Crippen LogP contribution in [0.3, 0.4) is 0 Å². The van der Waals surface area contributed by atoms with Crippen molar-refractivity contribution in [1.82, 2.24) is 15.1 Å². The molecule has 6 nitrogen and oxygen atoms in total. The Bertz CT molecular complexity index is 469. The second kappa shape index (κ2) is 4.94. The number of methoxy groups -OCH3 is 1. The first-order valence-corrected chi connectivity index (χ1v) is 6.82. The summed E-state index contributed by atoms with van der Waals surface area (Å²) in [5.74, 6) is 0.549. The zero-order valence-corrected chi connectivity index (χ0v) is 11.1. The number of hydrogen-bond donors (Lipinski definition) is 2. The van der Waals surface area contributed by atoms with Crippen LogP contribution in [0, 0.1) is 0 Å². The lowest BCUT2D eigenvalue weighted by Crippen LogP contribution is -2.53. The van der Waals surface area contributed by atoms with Gasteiger partial charge in [-0.1, -0.05) is 0 Å². The molecule has 1 amide bonds. The number of nitrogens with one attached hydrogen (secondary N) is 1. The molecule has 2 heterocycles. The van der Waals surface area contributed by atoms with E-state index in [-0.39, 0.29) is 18.1 Å². The molecule has 3 N–H and O–H groups in total. The van der Waals surface area contributed by atoms with Crippen LogP contribution in [-0.2, 0) is 4.74 Å². The third-order valence-electron chi connectivity index (χ3n) is 4.03. The number of aromatic amines is 1. The van der Waals surface area contributed by atoms with E-state index in [1.807, 2.05) is 6.07 Å². The van der Waals surface area contributed by atoms with Crippen LogP contribution < -0.4 is 5.73 Å². The summed E-state index contributed by atoms with van der Waals surface area (Å²) in [7, 11) is 1.64. The van der Waals surface area contributed by atoms with E-state index in [2.05, 4.69) is 10.2 Å². The van der Waals surface area contributed by atoms with E-state index in [0.717, 1.165) is 12.1 Å². The summed E-state index contributed by atoms with van der Waals surface area (Å²) in [6, 6.07) is 1.89. The summed E-state index contributed by atoms with van der Waals surface area (Å²) in [5.41, 5.74) is 7.55. The number of aromatic nitrogens is 2. The van der Waals surface area contributed by atoms with Gasteiger partial charge in [-0.3, -0.25) is 9.89 Å². The van der Waals surface area contributed by atoms with Gasteiger partial charge >= 0.3 is 0 Å². The number of carbonyl (C=O) groups is 1. The Morgan fingerprint density at radius 2 is 2.32 bits per heavy atom. The normalized spacial score (nSPS) is 27.6. The number of ether oxygens (including phenoxy) is 1. The maximum Gasteiger partial charge on any atom is 0.274 e. The van der Waals surface area contributed by atoms with E-state index in [4.69, 9.17) is 10.5 Å². The predicted molar refractivity (Wildman–Crippen MR) is 69.9 cm³/mol. The monoisotopic (exact) mass is 264 g/mol. The van der Waals surface area contributed by atoms with Crippen molar-refractivity contribution in [2.24, 2.45) is 5.73 Å². The van der Waals surface area contributed by atoms with Gasteiger partial charge in [-0.25, -0.2) is 0 Å². The minimum Gasteiger partial charge on any atom is -0.378 e. The van der Waals surface area contributed by atoms with Crippen molar-refractivity contribution < 1.29 is 9.53 Å². The van der Waals surface area contributed by atoms with Crippen molar-refractivity contribution >= 4 is 5.91 Å². The first-order valence-electron chi connectivity index (χ1n) is 6.82. The molecule has 1 aliphatic heterocycles. The van der Waals surface area contributed by atoms with Crippen LogP contribution in [0.1, 0.15) is 41.4 Å². The third-order valence-corrected chi connectivity index (χ3v) is 4.03. The number of nitrogens with two attached hydrogens (primary N) is 1. The quantitative estimate of drug-likeness (QED) is 0.831. The smallest absolute Gasteiger partial charge is 0.274 e. The second-order valence-electron chi connectivity index (χ2n) is 5.46. The van der Waals surface area contributed by atoms with Gasteiger partial charge < -0.3 is 15.4 Å². The maximum absolute atomic E-state index is 12.4. The largest absolute Gasteiger partial charge is 0.378 e. The van der Waals surface area contributed by atoms with Crippen molar-refractivity contribution in [3.8, 4) is 0 Å². The summed E-state index contributed by atoms with van der Waals surface area (Å²) in [4.78, 5) is 14.2. The third kappa shape index (κ3) is 2.50. The van der Waals surface area contributed by atoms with Gasteiger partial charge in [0, 0.05) is 37.9 Å². The summed E-state index contributed by atoms with van der Waals surface area (Å²) < 4.78 is 5.33. The minimum absolute atomic E-state index is 0.00950. The van der Waals surface area contributed by atoms with Gasteiger partial charge in [0.1, 0.15) is 5.69 Å². The first kappa shape index (κ1) is 12.6. The fourth-order valence-corrected chi connectivity index (χ4v) is 2.58. The van der Waals surface area contributed by atoms with E-state index in [1.165, 1.54) is 12.8 Å². The Hall–Kier alpha value is -1.40. The van der Waals surface area contributed by atoms with Gasteiger partial charge in [0.05, 0.1) is 6.10 Å². The van der Waals surface area contributed by atoms with E-state index in [1.54, 1.807) is 12.0 Å². The molecule has 1 saturated heterocycles. The summed E-state index contributed by atoms with van der Waals surface area (Å²) in [6.45, 7) is 1.22. The molecule has 0 spiro atoms. The van der Waals surface area contributed by atoms with Crippen molar-refractivity contribution in [2.45, 2.75) is 37.3 Å². The summed E-state index contributed by atoms with van der Waals surface area (Å²) >= 11 is 0. The average molecular weight is 264 g/mol. The fraction of sp³-hybridized carbons (Fsp3) is 0.692. The van der Waals surface area contributed by atoms with Crippen LogP contribution >= 0.6 is 0 Å². The van der Waals surface area contributed by atoms with Crippen LogP contribution in [0.15, 0.2) is 6.07 Å². The number of piperidine rings is 1. The number of rotatable bonds is 3. The molecule has 1 aromatic heterocycles. The number of H-pyrrole nitrogens is 1. The zero-order valence-electron chi connectivity index (χ0n) is 11.1. The lowest BCUT2D eigenvalue weighted by atomic mass is 10.0. The summed E-state index contributed by atoms with van der Waals surface area (Å²) in [6.07, 6.45) is 3.07. The molecular formula is C13H20N4O2. The highest BCUT2D eigenvalue weighted by molar-refractivity contribution is 5.92. The molecule has 19 heavy (non-hydrogen) atoms. The Labute approximate surface area is 112 Å². The highest BCUT2D eigenvalue weighted by atomic mass is 16.5. The Balaban J connectivity index is 1.68. The van der Waals surface area contributed by atoms with E-state index in [9.17, 15) is 4.79 Å². The molecule has 0 bridgehead atoms. The van der Waals surface area contributed by atoms with Crippen LogP contribution in [0.25, 0.3) is 0 Å². The number of hydrogen-bond acceptors (Lipinski definition) is 4. The first-order chi connectivity index (χ1) is 9.19. The average Bonchev–Trinajstić information content (AvgIpc) is 3.16. The fourth-order valence-electron chi connectivity index (χ4n) is 2.58. The molecule has 104 valence electrons. The molecule has 2 atom stereocenters. The topological polar surface area (TPSA) is 84.2 Å². The van der Waals surface area contributed by atoms with Gasteiger partial charge in [-0.15, -0.1) is 0 Å². The van der Waals surface area contributed by atoms with Crippen molar-refractivity contribution in [2.75, 3.05) is 20.2 Å². The van der Waals surface area contributed by atoms with E-state index in [0.29, 0.717) is 24.7 Å². The highest BCUT2D eigenvalue weighted by Gasteiger charge is 2.32. The Morgan fingerprint density at radius 3 is 3.00 bits per heavy atom. The van der Waals surface area contributed by atoms with Crippen LogP contribution in [0.4, 0.5) is 0 Å². The van der Waals surface area contributed by atoms with Gasteiger partial charge in [0.15, 0.2) is 0 Å². The molecule has 0 aromatic carbocycles. The number of amides is 1.